The lowest BCUT2D eigenvalue weighted by atomic mass is 10.2. The van der Waals surface area contributed by atoms with Gasteiger partial charge in [0.15, 0.2) is 0 Å². The SMILES string of the molecule is N#Cc1ccc(NC(=O)Nc2cccc(C(F)(F)F)c2)cc1Cl. The molecule has 0 saturated carbocycles. The number of nitrogens with one attached hydrogen (secondary N) is 2. The van der Waals surface area contributed by atoms with E-state index >= 15 is 0 Å². The molecule has 0 radical (unpaired) electrons. The first-order valence-electron chi connectivity index (χ1n) is 6.24. The Kier molecular flexibility index (Phi) is 4.77. The summed E-state index contributed by atoms with van der Waals surface area (Å²) in [6, 6.07) is 9.63. The summed E-state index contributed by atoms with van der Waals surface area (Å²) in [6.45, 7) is 0. The van der Waals surface area contributed by atoms with Crippen LogP contribution in [-0.4, -0.2) is 6.03 Å². The number of nitrogens with zero attached hydrogens (tertiary/aromatic N) is 1. The summed E-state index contributed by atoms with van der Waals surface area (Å²) in [5, 5.41) is 13.6. The first-order chi connectivity index (χ1) is 10.8. The highest BCUT2D eigenvalue weighted by Gasteiger charge is 2.30. The van der Waals surface area contributed by atoms with Crippen LogP contribution in [0.15, 0.2) is 42.5 Å². The maximum Gasteiger partial charge on any atom is 0.416 e. The van der Waals surface area contributed by atoms with Crippen molar-refractivity contribution in [2.75, 3.05) is 10.6 Å². The molecule has 2 N–H and O–H groups in total. The van der Waals surface area contributed by atoms with Gasteiger partial charge in [0, 0.05) is 11.4 Å². The first kappa shape index (κ1) is 16.6. The Hall–Kier alpha value is -2.72. The molecule has 2 aromatic carbocycles. The Labute approximate surface area is 134 Å². The fourth-order valence-corrected chi connectivity index (χ4v) is 1.97. The van der Waals surface area contributed by atoms with Gasteiger partial charge in [0.2, 0.25) is 0 Å². The molecule has 0 aliphatic heterocycles. The third-order valence-corrected chi connectivity index (χ3v) is 3.11. The molecule has 0 atom stereocenters. The van der Waals surface area contributed by atoms with Gasteiger partial charge in [-0.25, -0.2) is 4.79 Å². The van der Waals surface area contributed by atoms with E-state index in [1.807, 2.05) is 6.07 Å². The van der Waals surface area contributed by atoms with Gasteiger partial charge in [-0.3, -0.25) is 0 Å². The molecule has 118 valence electrons. The highest BCUT2D eigenvalue weighted by Crippen LogP contribution is 2.30. The van der Waals surface area contributed by atoms with Crippen molar-refractivity contribution in [3.63, 3.8) is 0 Å². The second-order valence-electron chi connectivity index (χ2n) is 4.46. The quantitative estimate of drug-likeness (QED) is 0.819. The van der Waals surface area contributed by atoms with Crippen molar-refractivity contribution in [2.24, 2.45) is 0 Å². The number of nitriles is 1. The molecule has 0 unspecified atom stereocenters. The molecule has 2 rings (SSSR count). The predicted molar refractivity (Wildman–Crippen MR) is 80.3 cm³/mol. The number of urea groups is 1. The highest BCUT2D eigenvalue weighted by atomic mass is 35.5. The van der Waals surface area contributed by atoms with Crippen molar-refractivity contribution in [2.45, 2.75) is 6.18 Å². The van der Waals surface area contributed by atoms with Crippen molar-refractivity contribution in [1.29, 1.82) is 5.26 Å². The lowest BCUT2D eigenvalue weighted by molar-refractivity contribution is -0.137. The van der Waals surface area contributed by atoms with Crippen LogP contribution in [0.25, 0.3) is 0 Å². The number of halogens is 4. The third-order valence-electron chi connectivity index (χ3n) is 2.80. The number of carbonyl (C=O) groups is 1. The molecule has 8 heteroatoms. The molecular weight excluding hydrogens is 331 g/mol. The second kappa shape index (κ2) is 6.58. The van der Waals surface area contributed by atoms with Gasteiger partial charge in [-0.1, -0.05) is 17.7 Å². The summed E-state index contributed by atoms with van der Waals surface area (Å²) >= 11 is 5.82. The van der Waals surface area contributed by atoms with Crippen LogP contribution in [0.1, 0.15) is 11.1 Å². The molecule has 0 spiro atoms. The normalized spacial score (nSPS) is 10.7. The molecule has 0 fully saturated rings. The maximum atomic E-state index is 12.6. The molecule has 23 heavy (non-hydrogen) atoms. The zero-order chi connectivity index (χ0) is 17.0. The van der Waals surface area contributed by atoms with Crippen molar-refractivity contribution < 1.29 is 18.0 Å². The number of alkyl halides is 3. The van der Waals surface area contributed by atoms with Crippen molar-refractivity contribution in [1.82, 2.24) is 0 Å². The van der Waals surface area contributed by atoms with Gasteiger partial charge < -0.3 is 10.6 Å². The zero-order valence-electron chi connectivity index (χ0n) is 11.4. The van der Waals surface area contributed by atoms with E-state index in [1.165, 1.54) is 30.3 Å². The van der Waals surface area contributed by atoms with Crippen LogP contribution in [0.4, 0.5) is 29.3 Å². The van der Waals surface area contributed by atoms with Crippen molar-refractivity contribution >= 4 is 29.0 Å². The molecule has 0 aromatic heterocycles. The molecule has 0 heterocycles. The molecule has 0 bridgehead atoms. The number of amides is 2. The van der Waals surface area contributed by atoms with Crippen molar-refractivity contribution in [3.8, 4) is 6.07 Å². The van der Waals surface area contributed by atoms with E-state index in [4.69, 9.17) is 16.9 Å². The summed E-state index contributed by atoms with van der Waals surface area (Å²) in [5.41, 5.74) is -0.317. The van der Waals surface area contributed by atoms with Gasteiger partial charge in [-0.05, 0) is 36.4 Å². The minimum Gasteiger partial charge on any atom is -0.308 e. The van der Waals surface area contributed by atoms with Gasteiger partial charge in [0.05, 0.1) is 16.1 Å². The fourth-order valence-electron chi connectivity index (χ4n) is 1.75. The van der Waals surface area contributed by atoms with Crippen LogP contribution < -0.4 is 10.6 Å². The number of carbonyl (C=O) groups excluding carboxylic acids is 1. The molecule has 2 amide bonds. The lowest BCUT2D eigenvalue weighted by Gasteiger charge is -2.11. The van der Waals surface area contributed by atoms with E-state index in [-0.39, 0.29) is 16.3 Å². The van der Waals surface area contributed by atoms with Crippen LogP contribution in [0.5, 0.6) is 0 Å². The average molecular weight is 340 g/mol. The average Bonchev–Trinajstić information content (AvgIpc) is 2.46. The van der Waals surface area contributed by atoms with Crippen LogP contribution >= 0.6 is 11.6 Å². The Balaban J connectivity index is 2.08. The fraction of sp³-hybridized carbons (Fsp3) is 0.0667. The Morgan fingerprint density at radius 1 is 1.09 bits per heavy atom. The van der Waals surface area contributed by atoms with Crippen LogP contribution in [-0.2, 0) is 6.18 Å². The van der Waals surface area contributed by atoms with Crippen LogP contribution in [0, 0.1) is 11.3 Å². The maximum absolute atomic E-state index is 12.6. The zero-order valence-corrected chi connectivity index (χ0v) is 12.2. The van der Waals surface area contributed by atoms with E-state index < -0.39 is 17.8 Å². The topological polar surface area (TPSA) is 64.9 Å². The summed E-state index contributed by atoms with van der Waals surface area (Å²) in [4.78, 5) is 11.8. The monoisotopic (exact) mass is 339 g/mol. The molecule has 4 nitrogen and oxygen atoms in total. The Morgan fingerprint density at radius 3 is 2.30 bits per heavy atom. The van der Waals surface area contributed by atoms with Gasteiger partial charge in [-0.2, -0.15) is 18.4 Å². The van der Waals surface area contributed by atoms with Crippen molar-refractivity contribution in [3.05, 3.63) is 58.6 Å². The largest absolute Gasteiger partial charge is 0.416 e. The molecular formula is C15H9ClF3N3O. The van der Waals surface area contributed by atoms with E-state index in [0.29, 0.717) is 5.69 Å². The van der Waals surface area contributed by atoms with Gasteiger partial charge in [0.1, 0.15) is 6.07 Å². The van der Waals surface area contributed by atoms with E-state index in [1.54, 1.807) is 0 Å². The summed E-state index contributed by atoms with van der Waals surface area (Å²) in [7, 11) is 0. The number of benzene rings is 2. The first-order valence-corrected chi connectivity index (χ1v) is 6.62. The van der Waals surface area contributed by atoms with Crippen LogP contribution in [0.3, 0.4) is 0 Å². The Bertz CT molecular complexity index is 784. The lowest BCUT2D eigenvalue weighted by Crippen LogP contribution is -2.19. The number of anilines is 2. The summed E-state index contributed by atoms with van der Waals surface area (Å²) in [6.07, 6.45) is -4.49. The number of hydrogen-bond acceptors (Lipinski definition) is 2. The smallest absolute Gasteiger partial charge is 0.308 e. The van der Waals surface area contributed by atoms with Gasteiger partial charge in [-0.15, -0.1) is 0 Å². The predicted octanol–water partition coefficient (Wildman–Crippen LogP) is 4.87. The number of hydrogen-bond donors (Lipinski definition) is 2. The number of rotatable bonds is 2. The summed E-state index contributed by atoms with van der Waals surface area (Å²) in [5.74, 6) is 0. The van der Waals surface area contributed by atoms with Crippen LogP contribution in [0.2, 0.25) is 5.02 Å². The third kappa shape index (κ3) is 4.37. The summed E-state index contributed by atoms with van der Waals surface area (Å²) < 4.78 is 37.8. The molecule has 0 saturated heterocycles. The molecule has 2 aromatic rings. The standard InChI is InChI=1S/C15H9ClF3N3O/c16-13-7-12(5-4-9(13)8-20)22-14(23)21-11-3-1-2-10(6-11)15(17,18)19/h1-7H,(H2,21,22,23). The van der Waals surface area contributed by atoms with Gasteiger partial charge in [0.25, 0.3) is 0 Å². The Morgan fingerprint density at radius 2 is 1.74 bits per heavy atom. The highest BCUT2D eigenvalue weighted by molar-refractivity contribution is 6.32. The molecule has 0 aliphatic rings. The van der Waals surface area contributed by atoms with E-state index in [0.717, 1.165) is 12.1 Å². The minimum absolute atomic E-state index is 0.00272. The molecule has 0 aliphatic carbocycles. The van der Waals surface area contributed by atoms with Gasteiger partial charge >= 0.3 is 12.2 Å². The minimum atomic E-state index is -4.49. The second-order valence-corrected chi connectivity index (χ2v) is 4.87. The van der Waals surface area contributed by atoms with E-state index in [2.05, 4.69) is 10.6 Å². The van der Waals surface area contributed by atoms with E-state index in [9.17, 15) is 18.0 Å².